The Morgan fingerprint density at radius 2 is 1.92 bits per heavy atom. The summed E-state index contributed by atoms with van der Waals surface area (Å²) < 4.78 is 18.9. The third-order valence-corrected chi connectivity index (χ3v) is 4.59. The Hall–Kier alpha value is -2.73. The SMILES string of the molecule is Fc1ccc(-c2cnc(C[NH+]3CCN(c4cccc[nH+]4)CC3)o2)cc1. The predicted octanol–water partition coefficient (Wildman–Crippen LogP) is 1.20. The van der Waals surface area contributed by atoms with Gasteiger partial charge in [0.1, 0.15) is 32.0 Å². The second-order valence-corrected chi connectivity index (χ2v) is 6.29. The number of halogens is 1. The molecule has 1 aromatic carbocycles. The molecule has 0 unspecified atom stereocenters. The first-order valence-electron chi connectivity index (χ1n) is 8.54. The van der Waals surface area contributed by atoms with Crippen LogP contribution in [0.1, 0.15) is 5.89 Å². The Morgan fingerprint density at radius 3 is 2.64 bits per heavy atom. The highest BCUT2D eigenvalue weighted by Crippen LogP contribution is 2.20. The molecule has 1 fully saturated rings. The number of rotatable bonds is 4. The van der Waals surface area contributed by atoms with E-state index in [1.807, 2.05) is 12.3 Å². The maximum absolute atomic E-state index is 13.0. The normalized spacial score (nSPS) is 15.5. The standard InChI is InChI=1S/C19H19FN4O/c20-16-6-4-15(5-7-16)17-13-22-19(25-17)14-23-9-11-24(12-10-23)18-3-1-2-8-21-18/h1-8,13H,9-12,14H2/p+2. The highest BCUT2D eigenvalue weighted by Gasteiger charge is 2.26. The number of nitrogens with zero attached hydrogens (tertiary/aromatic N) is 2. The van der Waals surface area contributed by atoms with E-state index < -0.39 is 0 Å². The number of hydrogen-bond acceptors (Lipinski definition) is 3. The molecule has 0 spiro atoms. The Labute approximate surface area is 145 Å². The van der Waals surface area contributed by atoms with Crippen LogP contribution in [0.5, 0.6) is 0 Å². The molecule has 1 aliphatic heterocycles. The number of aromatic nitrogens is 2. The molecule has 0 aliphatic carbocycles. The molecule has 1 aliphatic rings. The van der Waals surface area contributed by atoms with Gasteiger partial charge in [-0.25, -0.2) is 14.4 Å². The number of benzene rings is 1. The van der Waals surface area contributed by atoms with Gasteiger partial charge >= 0.3 is 0 Å². The molecule has 25 heavy (non-hydrogen) atoms. The van der Waals surface area contributed by atoms with Crippen molar-refractivity contribution in [1.29, 1.82) is 0 Å². The van der Waals surface area contributed by atoms with Crippen molar-refractivity contribution >= 4 is 5.82 Å². The van der Waals surface area contributed by atoms with Gasteiger partial charge in [0, 0.05) is 11.6 Å². The van der Waals surface area contributed by atoms with Crippen LogP contribution in [-0.2, 0) is 6.54 Å². The van der Waals surface area contributed by atoms with E-state index in [1.165, 1.54) is 17.0 Å². The minimum absolute atomic E-state index is 0.249. The fourth-order valence-corrected chi connectivity index (χ4v) is 3.17. The van der Waals surface area contributed by atoms with Crippen molar-refractivity contribution in [2.24, 2.45) is 0 Å². The molecule has 4 rings (SSSR count). The number of hydrogen-bond donors (Lipinski definition) is 1. The second-order valence-electron chi connectivity index (χ2n) is 6.29. The quantitative estimate of drug-likeness (QED) is 0.776. The van der Waals surface area contributed by atoms with Crippen molar-refractivity contribution in [3.63, 3.8) is 0 Å². The summed E-state index contributed by atoms with van der Waals surface area (Å²) in [6.07, 6.45) is 3.68. The first kappa shape index (κ1) is 15.8. The largest absolute Gasteiger partial charge is 0.435 e. The monoisotopic (exact) mass is 340 g/mol. The molecule has 2 aromatic heterocycles. The molecular formula is C19H21FN4O+2. The van der Waals surface area contributed by atoms with Gasteiger partial charge in [0.05, 0.1) is 12.4 Å². The van der Waals surface area contributed by atoms with Crippen molar-refractivity contribution in [1.82, 2.24) is 4.98 Å². The molecular weight excluding hydrogens is 319 g/mol. The zero-order chi connectivity index (χ0) is 17.1. The van der Waals surface area contributed by atoms with Crippen LogP contribution in [0.3, 0.4) is 0 Å². The van der Waals surface area contributed by atoms with Crippen LogP contribution in [0.2, 0.25) is 0 Å². The van der Waals surface area contributed by atoms with Gasteiger partial charge in [-0.1, -0.05) is 6.07 Å². The van der Waals surface area contributed by atoms with Crippen molar-refractivity contribution in [2.75, 3.05) is 31.1 Å². The average Bonchev–Trinajstić information content (AvgIpc) is 3.12. The van der Waals surface area contributed by atoms with Gasteiger partial charge in [0.25, 0.3) is 11.7 Å². The van der Waals surface area contributed by atoms with Crippen LogP contribution in [0, 0.1) is 5.82 Å². The van der Waals surface area contributed by atoms with Crippen molar-refractivity contribution in [2.45, 2.75) is 6.54 Å². The minimum atomic E-state index is -0.249. The summed E-state index contributed by atoms with van der Waals surface area (Å²) in [4.78, 5) is 11.5. The first-order chi connectivity index (χ1) is 12.3. The van der Waals surface area contributed by atoms with E-state index >= 15 is 0 Å². The van der Waals surface area contributed by atoms with Crippen LogP contribution in [0.25, 0.3) is 11.3 Å². The molecule has 0 amide bonds. The van der Waals surface area contributed by atoms with Gasteiger partial charge < -0.3 is 9.32 Å². The van der Waals surface area contributed by atoms with E-state index in [-0.39, 0.29) is 5.82 Å². The van der Waals surface area contributed by atoms with Crippen LogP contribution < -0.4 is 14.8 Å². The summed E-state index contributed by atoms with van der Waals surface area (Å²) in [7, 11) is 0. The van der Waals surface area contributed by atoms with Crippen molar-refractivity contribution < 1.29 is 18.7 Å². The molecule has 0 radical (unpaired) electrons. The number of quaternary nitrogens is 1. The lowest BCUT2D eigenvalue weighted by molar-refractivity contribution is -0.915. The minimum Gasteiger partial charge on any atom is -0.435 e. The maximum Gasteiger partial charge on any atom is 0.274 e. The zero-order valence-corrected chi connectivity index (χ0v) is 13.9. The number of pyridine rings is 1. The molecule has 6 heteroatoms. The number of anilines is 1. The van der Waals surface area contributed by atoms with Crippen LogP contribution in [0.15, 0.2) is 59.3 Å². The summed E-state index contributed by atoms with van der Waals surface area (Å²) in [6, 6.07) is 12.4. The van der Waals surface area contributed by atoms with Crippen LogP contribution in [-0.4, -0.2) is 31.2 Å². The summed E-state index contributed by atoms with van der Waals surface area (Å²) in [6.45, 7) is 4.85. The summed E-state index contributed by atoms with van der Waals surface area (Å²) in [5.41, 5.74) is 0.847. The molecule has 128 valence electrons. The fraction of sp³-hybridized carbons (Fsp3) is 0.263. The smallest absolute Gasteiger partial charge is 0.274 e. The third kappa shape index (κ3) is 3.69. The molecule has 3 aromatic rings. The van der Waals surface area contributed by atoms with Crippen LogP contribution in [0.4, 0.5) is 10.2 Å². The second kappa shape index (κ2) is 7.03. The molecule has 1 saturated heterocycles. The van der Waals surface area contributed by atoms with Crippen molar-refractivity contribution in [3.8, 4) is 11.3 Å². The Kier molecular flexibility index (Phi) is 4.43. The van der Waals surface area contributed by atoms with Gasteiger partial charge in [-0.3, -0.25) is 4.90 Å². The van der Waals surface area contributed by atoms with Gasteiger partial charge in [0.2, 0.25) is 0 Å². The number of oxazole rings is 1. The van der Waals surface area contributed by atoms with E-state index in [0.717, 1.165) is 50.0 Å². The summed E-state index contributed by atoms with van der Waals surface area (Å²) in [5.74, 6) is 2.33. The average molecular weight is 340 g/mol. The third-order valence-electron chi connectivity index (χ3n) is 4.59. The van der Waals surface area contributed by atoms with Gasteiger partial charge in [-0.15, -0.1) is 0 Å². The number of nitrogens with one attached hydrogen (secondary N) is 2. The lowest BCUT2D eigenvalue weighted by Gasteiger charge is -2.27. The fourth-order valence-electron chi connectivity index (χ4n) is 3.17. The Morgan fingerprint density at radius 1 is 1.12 bits per heavy atom. The molecule has 0 saturated carbocycles. The maximum atomic E-state index is 13.0. The number of aromatic amines is 1. The molecule has 5 nitrogen and oxygen atoms in total. The van der Waals surface area contributed by atoms with E-state index in [1.54, 1.807) is 18.3 Å². The van der Waals surface area contributed by atoms with E-state index in [9.17, 15) is 4.39 Å². The molecule has 2 N–H and O–H groups in total. The topological polar surface area (TPSA) is 47.9 Å². The first-order valence-corrected chi connectivity index (χ1v) is 8.54. The summed E-state index contributed by atoms with van der Waals surface area (Å²) >= 11 is 0. The van der Waals surface area contributed by atoms with E-state index in [4.69, 9.17) is 4.42 Å². The lowest BCUT2D eigenvalue weighted by Crippen LogP contribution is -3.13. The van der Waals surface area contributed by atoms with Crippen LogP contribution >= 0.6 is 0 Å². The zero-order valence-electron chi connectivity index (χ0n) is 13.9. The lowest BCUT2D eigenvalue weighted by atomic mass is 10.2. The summed E-state index contributed by atoms with van der Waals surface area (Å²) in [5, 5.41) is 0. The Balaban J connectivity index is 1.35. The van der Waals surface area contributed by atoms with Gasteiger partial charge in [-0.05, 0) is 30.3 Å². The molecule has 3 heterocycles. The van der Waals surface area contributed by atoms with Crippen molar-refractivity contribution in [3.05, 3.63) is 66.6 Å². The number of H-pyrrole nitrogens is 1. The van der Waals surface area contributed by atoms with Gasteiger partial charge in [-0.2, -0.15) is 0 Å². The molecule has 0 atom stereocenters. The van der Waals surface area contributed by atoms with Gasteiger partial charge in [0.15, 0.2) is 12.3 Å². The van der Waals surface area contributed by atoms with E-state index in [0.29, 0.717) is 5.76 Å². The molecule has 0 bridgehead atoms. The highest BCUT2D eigenvalue weighted by atomic mass is 19.1. The predicted molar refractivity (Wildman–Crippen MR) is 91.5 cm³/mol. The highest BCUT2D eigenvalue weighted by molar-refractivity contribution is 5.55. The Bertz CT molecular complexity index is 811. The number of piperazine rings is 1. The van der Waals surface area contributed by atoms with E-state index in [2.05, 4.69) is 27.0 Å².